The highest BCUT2D eigenvalue weighted by Crippen LogP contribution is 2.53. The minimum absolute atomic E-state index is 0.227. The van der Waals surface area contributed by atoms with Crippen molar-refractivity contribution >= 4 is 61.7 Å². The molecule has 1 aliphatic carbocycles. The van der Waals surface area contributed by atoms with Crippen LogP contribution in [-0.4, -0.2) is 0 Å². The molecule has 8 aromatic carbocycles. The quantitative estimate of drug-likeness (QED) is 0.169. The van der Waals surface area contributed by atoms with Crippen LogP contribution in [0.2, 0.25) is 0 Å². The second kappa shape index (κ2) is 12.2. The molecule has 0 bridgehead atoms. The first-order chi connectivity index (χ1) is 25.0. The maximum absolute atomic E-state index is 3.99. The zero-order chi connectivity index (χ0) is 34.5. The monoisotopic (exact) mass is 654 g/mol. The number of anilines is 6. The van der Waals surface area contributed by atoms with E-state index in [0.717, 1.165) is 34.0 Å². The lowest BCUT2D eigenvalue weighted by Crippen LogP contribution is -2.18. The minimum atomic E-state index is -0.227. The fraction of sp³-hybridized carbons (Fsp3) is 0.0612. The van der Waals surface area contributed by atoms with Gasteiger partial charge >= 0.3 is 0 Å². The Bertz CT molecular complexity index is 2570. The Hall–Kier alpha value is -6.38. The summed E-state index contributed by atoms with van der Waals surface area (Å²) in [7, 11) is 0. The van der Waals surface area contributed by atoms with Gasteiger partial charge < -0.3 is 9.80 Å². The summed E-state index contributed by atoms with van der Waals surface area (Å²) in [5.41, 5.74) is 13.0. The number of para-hydroxylation sites is 1. The van der Waals surface area contributed by atoms with Crippen LogP contribution >= 0.6 is 0 Å². The Labute approximate surface area is 300 Å². The molecule has 8 aromatic rings. The average Bonchev–Trinajstić information content (AvgIpc) is 3.41. The second-order valence-corrected chi connectivity index (χ2v) is 13.9. The Morgan fingerprint density at radius 2 is 0.863 bits per heavy atom. The summed E-state index contributed by atoms with van der Waals surface area (Å²) >= 11 is 0. The summed E-state index contributed by atoms with van der Waals surface area (Å²) in [6, 6.07) is 63.9. The highest BCUT2D eigenvalue weighted by molar-refractivity contribution is 6.01. The first-order valence-electron chi connectivity index (χ1n) is 17.6. The van der Waals surface area contributed by atoms with Crippen LogP contribution in [0.25, 0.3) is 38.7 Å². The van der Waals surface area contributed by atoms with Gasteiger partial charge in [0, 0.05) is 38.9 Å². The molecule has 1 aliphatic rings. The van der Waals surface area contributed by atoms with Crippen LogP contribution in [-0.2, 0) is 5.41 Å². The Morgan fingerprint density at radius 1 is 0.431 bits per heavy atom. The van der Waals surface area contributed by atoms with E-state index in [0.29, 0.717) is 0 Å². The first kappa shape index (κ1) is 30.7. The van der Waals surface area contributed by atoms with Gasteiger partial charge in [0.05, 0.1) is 11.4 Å². The molecule has 0 aromatic heterocycles. The molecular formula is C49H38N2. The van der Waals surface area contributed by atoms with E-state index < -0.39 is 0 Å². The van der Waals surface area contributed by atoms with Crippen LogP contribution in [0.1, 0.15) is 30.5 Å². The standard InChI is InChI=1S/C49H38N2/c1-4-34-24-26-38(27-25-34)51(48-23-13-17-36-15-9-11-21-42(36)48)40-29-31-44-43-30-28-39(32-45(43)49(2,3)46(44)33-40)50(37-18-6-5-7-19-37)47-22-12-16-35-14-8-10-20-41(35)47/h4-33H,1H2,2-3H3. The summed E-state index contributed by atoms with van der Waals surface area (Å²) in [5, 5.41) is 4.90. The number of hydrogen-bond donors (Lipinski definition) is 0. The van der Waals surface area contributed by atoms with Gasteiger partial charge in [0.2, 0.25) is 0 Å². The number of nitrogens with zero attached hydrogens (tertiary/aromatic N) is 2. The van der Waals surface area contributed by atoms with E-state index in [2.05, 4.69) is 206 Å². The summed E-state index contributed by atoms with van der Waals surface area (Å²) in [6.07, 6.45) is 1.90. The van der Waals surface area contributed by atoms with E-state index in [1.165, 1.54) is 49.5 Å². The molecule has 0 heterocycles. The first-order valence-corrected chi connectivity index (χ1v) is 17.6. The smallest absolute Gasteiger partial charge is 0.0540 e. The SMILES string of the molecule is C=Cc1ccc(N(c2ccc3c(c2)C(C)(C)c2cc(N(c4ccccc4)c4cccc5ccccc45)ccc2-3)c2cccc3ccccc23)cc1. The van der Waals surface area contributed by atoms with E-state index in [-0.39, 0.29) is 5.41 Å². The van der Waals surface area contributed by atoms with Crippen LogP contribution in [0.3, 0.4) is 0 Å². The zero-order valence-electron chi connectivity index (χ0n) is 28.9. The van der Waals surface area contributed by atoms with Crippen molar-refractivity contribution < 1.29 is 0 Å². The Kier molecular flexibility index (Phi) is 7.33. The van der Waals surface area contributed by atoms with Crippen LogP contribution < -0.4 is 9.80 Å². The predicted octanol–water partition coefficient (Wildman–Crippen LogP) is 13.9. The van der Waals surface area contributed by atoms with Crippen LogP contribution in [0.15, 0.2) is 183 Å². The molecule has 0 saturated carbocycles. The van der Waals surface area contributed by atoms with E-state index in [1.54, 1.807) is 0 Å². The highest BCUT2D eigenvalue weighted by atomic mass is 15.1. The molecule has 0 spiro atoms. The molecule has 51 heavy (non-hydrogen) atoms. The van der Waals surface area contributed by atoms with E-state index in [4.69, 9.17) is 0 Å². The van der Waals surface area contributed by atoms with Crippen molar-refractivity contribution in [2.75, 3.05) is 9.80 Å². The summed E-state index contributed by atoms with van der Waals surface area (Å²) in [6.45, 7) is 8.73. The second-order valence-electron chi connectivity index (χ2n) is 13.9. The van der Waals surface area contributed by atoms with Crippen molar-refractivity contribution in [3.05, 3.63) is 199 Å². The fourth-order valence-corrected chi connectivity index (χ4v) is 7.99. The lowest BCUT2D eigenvalue weighted by atomic mass is 9.82. The maximum atomic E-state index is 3.99. The molecule has 0 radical (unpaired) electrons. The molecule has 0 unspecified atom stereocenters. The molecule has 0 fully saturated rings. The topological polar surface area (TPSA) is 6.48 Å². The molecule has 9 rings (SSSR count). The van der Waals surface area contributed by atoms with Gasteiger partial charge in [0.1, 0.15) is 0 Å². The Morgan fingerprint density at radius 3 is 1.37 bits per heavy atom. The third kappa shape index (κ3) is 5.11. The summed E-state index contributed by atoms with van der Waals surface area (Å²) < 4.78 is 0. The fourth-order valence-electron chi connectivity index (χ4n) is 7.99. The van der Waals surface area contributed by atoms with E-state index in [9.17, 15) is 0 Å². The van der Waals surface area contributed by atoms with Gasteiger partial charge in [-0.25, -0.2) is 0 Å². The van der Waals surface area contributed by atoms with Crippen LogP contribution in [0, 0.1) is 0 Å². The van der Waals surface area contributed by atoms with Gasteiger partial charge in [-0.2, -0.15) is 0 Å². The summed E-state index contributed by atoms with van der Waals surface area (Å²) in [5.74, 6) is 0. The van der Waals surface area contributed by atoms with Crippen molar-refractivity contribution in [3.63, 3.8) is 0 Å². The van der Waals surface area contributed by atoms with Gasteiger partial charge in [-0.1, -0.05) is 142 Å². The number of fused-ring (bicyclic) bond motifs is 5. The number of hydrogen-bond acceptors (Lipinski definition) is 2. The van der Waals surface area contributed by atoms with Crippen molar-refractivity contribution in [1.82, 2.24) is 0 Å². The van der Waals surface area contributed by atoms with Gasteiger partial charge in [-0.15, -0.1) is 0 Å². The Balaban J connectivity index is 1.19. The molecule has 0 saturated heterocycles. The molecule has 0 N–H and O–H groups in total. The molecule has 0 atom stereocenters. The van der Waals surface area contributed by atoms with Crippen molar-refractivity contribution in [2.24, 2.45) is 0 Å². The van der Waals surface area contributed by atoms with E-state index >= 15 is 0 Å². The maximum Gasteiger partial charge on any atom is 0.0540 e. The number of rotatable bonds is 7. The zero-order valence-corrected chi connectivity index (χ0v) is 28.9. The molecular weight excluding hydrogens is 617 g/mol. The average molecular weight is 655 g/mol. The molecule has 0 amide bonds. The lowest BCUT2D eigenvalue weighted by molar-refractivity contribution is 0.660. The largest absolute Gasteiger partial charge is 0.310 e. The van der Waals surface area contributed by atoms with Crippen molar-refractivity contribution in [3.8, 4) is 11.1 Å². The molecule has 0 aliphatic heterocycles. The minimum Gasteiger partial charge on any atom is -0.310 e. The van der Waals surface area contributed by atoms with E-state index in [1.807, 2.05) is 6.08 Å². The van der Waals surface area contributed by atoms with Gasteiger partial charge in [-0.3, -0.25) is 0 Å². The van der Waals surface area contributed by atoms with Crippen LogP contribution in [0.4, 0.5) is 34.1 Å². The number of benzene rings is 8. The normalized spacial score (nSPS) is 12.7. The summed E-state index contributed by atoms with van der Waals surface area (Å²) in [4.78, 5) is 4.81. The highest BCUT2D eigenvalue weighted by Gasteiger charge is 2.37. The van der Waals surface area contributed by atoms with Gasteiger partial charge in [-0.05, 0) is 99.3 Å². The van der Waals surface area contributed by atoms with Crippen molar-refractivity contribution in [2.45, 2.75) is 19.3 Å². The molecule has 244 valence electrons. The van der Waals surface area contributed by atoms with Crippen molar-refractivity contribution in [1.29, 1.82) is 0 Å². The molecule has 2 nitrogen and oxygen atoms in total. The van der Waals surface area contributed by atoms with Gasteiger partial charge in [0.25, 0.3) is 0 Å². The third-order valence-corrected chi connectivity index (χ3v) is 10.6. The predicted molar refractivity (Wildman–Crippen MR) is 218 cm³/mol. The van der Waals surface area contributed by atoms with Gasteiger partial charge in [0.15, 0.2) is 0 Å². The van der Waals surface area contributed by atoms with Crippen LogP contribution in [0.5, 0.6) is 0 Å². The lowest BCUT2D eigenvalue weighted by Gasteiger charge is -2.30. The third-order valence-electron chi connectivity index (χ3n) is 10.6. The molecule has 2 heteroatoms.